The molecule has 1 aliphatic carbocycles. The van der Waals surface area contributed by atoms with Gasteiger partial charge in [0.05, 0.1) is 0 Å². The van der Waals surface area contributed by atoms with Gasteiger partial charge in [-0.15, -0.1) is 6.58 Å². The summed E-state index contributed by atoms with van der Waals surface area (Å²) in [6.07, 6.45) is 10.6. The van der Waals surface area contributed by atoms with Gasteiger partial charge in [0.15, 0.2) is 0 Å². The van der Waals surface area contributed by atoms with Crippen molar-refractivity contribution < 1.29 is 0 Å². The van der Waals surface area contributed by atoms with Gasteiger partial charge in [-0.05, 0) is 37.0 Å². The van der Waals surface area contributed by atoms with Crippen LogP contribution in [0.4, 0.5) is 0 Å². The molecule has 3 atom stereocenters. The quantitative estimate of drug-likeness (QED) is 0.550. The van der Waals surface area contributed by atoms with Crippen LogP contribution in [0.2, 0.25) is 0 Å². The van der Waals surface area contributed by atoms with Gasteiger partial charge in [0.1, 0.15) is 0 Å². The summed E-state index contributed by atoms with van der Waals surface area (Å²) in [6, 6.07) is 0. The second-order valence-corrected chi connectivity index (χ2v) is 4.55. The minimum atomic E-state index is 0.830. The van der Waals surface area contributed by atoms with Gasteiger partial charge in [-0.3, -0.25) is 0 Å². The molecule has 0 saturated heterocycles. The predicted molar refractivity (Wildman–Crippen MR) is 59.7 cm³/mol. The van der Waals surface area contributed by atoms with E-state index in [0.717, 1.165) is 17.8 Å². The molecule has 3 unspecified atom stereocenters. The molecule has 0 nitrogen and oxygen atoms in total. The molecule has 1 rings (SSSR count). The first kappa shape index (κ1) is 10.8. The topological polar surface area (TPSA) is 0 Å². The van der Waals surface area contributed by atoms with Crippen LogP contribution in [0.1, 0.15) is 52.4 Å². The van der Waals surface area contributed by atoms with Gasteiger partial charge in [0.25, 0.3) is 0 Å². The standard InChI is InChI=1S/C13H24/c1-4-7-8-13-10-11(5-2)9-12(13)6-3/h6,11-13H,3-5,7-10H2,1-2H3. The Kier molecular flexibility index (Phi) is 4.55. The van der Waals surface area contributed by atoms with E-state index >= 15 is 0 Å². The largest absolute Gasteiger partial charge is 0.103 e. The second kappa shape index (κ2) is 5.47. The molecule has 0 amide bonds. The van der Waals surface area contributed by atoms with E-state index in [9.17, 15) is 0 Å². The van der Waals surface area contributed by atoms with E-state index in [4.69, 9.17) is 0 Å². The van der Waals surface area contributed by atoms with E-state index in [1.54, 1.807) is 0 Å². The third-order valence-electron chi connectivity index (χ3n) is 3.66. The highest BCUT2D eigenvalue weighted by Gasteiger charge is 2.30. The average Bonchev–Trinajstić information content (AvgIpc) is 2.57. The van der Waals surface area contributed by atoms with Crippen LogP contribution in [0.3, 0.4) is 0 Å². The van der Waals surface area contributed by atoms with Crippen LogP contribution >= 0.6 is 0 Å². The first-order chi connectivity index (χ1) is 6.31. The Bertz CT molecular complexity index is 148. The number of unbranched alkanes of at least 4 members (excludes halogenated alkanes) is 1. The van der Waals surface area contributed by atoms with Crippen molar-refractivity contribution in [2.45, 2.75) is 52.4 Å². The van der Waals surface area contributed by atoms with E-state index in [0.29, 0.717) is 0 Å². The maximum absolute atomic E-state index is 3.97. The van der Waals surface area contributed by atoms with Gasteiger partial charge < -0.3 is 0 Å². The van der Waals surface area contributed by atoms with Gasteiger partial charge in [-0.1, -0.05) is 39.2 Å². The summed E-state index contributed by atoms with van der Waals surface area (Å²) in [4.78, 5) is 0. The molecule has 0 bridgehead atoms. The molecule has 0 spiro atoms. The lowest BCUT2D eigenvalue weighted by molar-refractivity contribution is 0.405. The Morgan fingerprint density at radius 1 is 1.31 bits per heavy atom. The Morgan fingerprint density at radius 3 is 2.62 bits per heavy atom. The minimum Gasteiger partial charge on any atom is -0.103 e. The zero-order valence-corrected chi connectivity index (χ0v) is 9.26. The van der Waals surface area contributed by atoms with Crippen LogP contribution in [0, 0.1) is 17.8 Å². The molecule has 0 aliphatic heterocycles. The van der Waals surface area contributed by atoms with Crippen LogP contribution < -0.4 is 0 Å². The van der Waals surface area contributed by atoms with Crippen molar-refractivity contribution in [1.82, 2.24) is 0 Å². The number of hydrogen-bond donors (Lipinski definition) is 0. The van der Waals surface area contributed by atoms with Gasteiger partial charge in [-0.25, -0.2) is 0 Å². The van der Waals surface area contributed by atoms with Crippen LogP contribution in [0.15, 0.2) is 12.7 Å². The Balaban J connectivity index is 2.38. The fourth-order valence-electron chi connectivity index (χ4n) is 2.70. The molecule has 13 heavy (non-hydrogen) atoms. The van der Waals surface area contributed by atoms with Crippen molar-refractivity contribution in [3.63, 3.8) is 0 Å². The molecule has 76 valence electrons. The second-order valence-electron chi connectivity index (χ2n) is 4.55. The first-order valence-corrected chi connectivity index (χ1v) is 5.94. The van der Waals surface area contributed by atoms with Crippen molar-refractivity contribution >= 4 is 0 Å². The van der Waals surface area contributed by atoms with Crippen molar-refractivity contribution in [2.24, 2.45) is 17.8 Å². The predicted octanol–water partition coefficient (Wildman–Crippen LogP) is 4.42. The maximum atomic E-state index is 3.97. The average molecular weight is 180 g/mol. The smallest absolute Gasteiger partial charge is 0.0205 e. The molecular formula is C13H24. The van der Waals surface area contributed by atoms with E-state index in [1.807, 2.05) is 0 Å². The zero-order chi connectivity index (χ0) is 9.68. The van der Waals surface area contributed by atoms with Crippen LogP contribution in [-0.2, 0) is 0 Å². The van der Waals surface area contributed by atoms with E-state index in [2.05, 4.69) is 26.5 Å². The Hall–Kier alpha value is -0.260. The summed E-state index contributed by atoms with van der Waals surface area (Å²) in [5, 5.41) is 0. The normalized spacial score (nSPS) is 33.5. The lowest BCUT2D eigenvalue weighted by Gasteiger charge is -2.14. The molecule has 0 heterocycles. The zero-order valence-electron chi connectivity index (χ0n) is 9.26. The van der Waals surface area contributed by atoms with Gasteiger partial charge >= 0.3 is 0 Å². The molecule has 1 fully saturated rings. The fourth-order valence-corrected chi connectivity index (χ4v) is 2.70. The van der Waals surface area contributed by atoms with Crippen LogP contribution in [-0.4, -0.2) is 0 Å². The van der Waals surface area contributed by atoms with Crippen LogP contribution in [0.25, 0.3) is 0 Å². The van der Waals surface area contributed by atoms with Crippen LogP contribution in [0.5, 0.6) is 0 Å². The fraction of sp³-hybridized carbons (Fsp3) is 0.846. The van der Waals surface area contributed by atoms with Gasteiger partial charge in [0, 0.05) is 0 Å². The molecule has 0 radical (unpaired) electrons. The minimum absolute atomic E-state index is 0.830. The highest BCUT2D eigenvalue weighted by Crippen LogP contribution is 2.41. The van der Waals surface area contributed by atoms with Crippen molar-refractivity contribution in [2.75, 3.05) is 0 Å². The Labute approximate surface area is 83.4 Å². The molecule has 0 N–H and O–H groups in total. The highest BCUT2D eigenvalue weighted by atomic mass is 14.4. The van der Waals surface area contributed by atoms with E-state index < -0.39 is 0 Å². The molecule has 0 aromatic heterocycles. The number of hydrogen-bond acceptors (Lipinski definition) is 0. The third-order valence-corrected chi connectivity index (χ3v) is 3.66. The summed E-state index contributed by atoms with van der Waals surface area (Å²) in [5.74, 6) is 2.78. The van der Waals surface area contributed by atoms with Crippen molar-refractivity contribution in [3.8, 4) is 0 Å². The van der Waals surface area contributed by atoms with Gasteiger partial charge in [0.2, 0.25) is 0 Å². The lowest BCUT2D eigenvalue weighted by atomic mass is 9.91. The third kappa shape index (κ3) is 2.86. The van der Waals surface area contributed by atoms with Gasteiger partial charge in [-0.2, -0.15) is 0 Å². The summed E-state index contributed by atoms with van der Waals surface area (Å²) in [7, 11) is 0. The SMILES string of the molecule is C=CC1CC(CC)CC1CCCC. The van der Waals surface area contributed by atoms with Crippen molar-refractivity contribution in [3.05, 3.63) is 12.7 Å². The number of rotatable bonds is 5. The number of allylic oxidation sites excluding steroid dienone is 1. The Morgan fingerprint density at radius 2 is 2.08 bits per heavy atom. The summed E-state index contributed by atoms with van der Waals surface area (Å²) in [5.41, 5.74) is 0. The highest BCUT2D eigenvalue weighted by molar-refractivity contribution is 4.92. The first-order valence-electron chi connectivity index (χ1n) is 5.94. The van der Waals surface area contributed by atoms with E-state index in [1.165, 1.54) is 38.5 Å². The van der Waals surface area contributed by atoms with Crippen molar-refractivity contribution in [1.29, 1.82) is 0 Å². The molecule has 1 aliphatic rings. The summed E-state index contributed by atoms with van der Waals surface area (Å²) < 4.78 is 0. The molecule has 0 aromatic carbocycles. The molecule has 0 heteroatoms. The molecule has 0 aromatic rings. The molecule has 1 saturated carbocycles. The molecular weight excluding hydrogens is 156 g/mol. The lowest BCUT2D eigenvalue weighted by Crippen LogP contribution is -2.04. The van der Waals surface area contributed by atoms with E-state index in [-0.39, 0.29) is 0 Å². The summed E-state index contributed by atoms with van der Waals surface area (Å²) in [6.45, 7) is 8.58. The maximum Gasteiger partial charge on any atom is -0.0205 e. The monoisotopic (exact) mass is 180 g/mol. The summed E-state index contributed by atoms with van der Waals surface area (Å²) >= 11 is 0.